The lowest BCUT2D eigenvalue weighted by atomic mass is 9.33. The van der Waals surface area contributed by atoms with E-state index in [4.69, 9.17) is 0 Å². The van der Waals surface area contributed by atoms with Gasteiger partial charge in [0.05, 0.1) is 11.5 Å². The van der Waals surface area contributed by atoms with Gasteiger partial charge in [0.2, 0.25) is 5.91 Å². The maximum atomic E-state index is 14.1. The Kier molecular flexibility index (Phi) is 6.29. The lowest BCUT2D eigenvalue weighted by molar-refractivity contribution is -0.228. The van der Waals surface area contributed by atoms with E-state index in [9.17, 15) is 14.7 Å². The molecule has 38 heavy (non-hydrogen) atoms. The highest BCUT2D eigenvalue weighted by Gasteiger charge is 2.70. The summed E-state index contributed by atoms with van der Waals surface area (Å²) >= 11 is 0. The summed E-state index contributed by atoms with van der Waals surface area (Å²) in [5.74, 6) is 1.87. The van der Waals surface area contributed by atoms with Crippen molar-refractivity contribution in [3.8, 4) is 0 Å². The standard InChI is InChI=1S/C34H55NO3/c1-20(2)26-22(36)19-34(28(38)35-29(3,4)5)18-17-32(9)21(27(26)34)11-12-24-31(8)15-14-25(37)30(6,7)23(31)13-16-33(24,32)10/h20-21,23-25,37H,11-19H2,1-10H3,(H,35,38)/t21-,23?,24?,25+,31+,32-,33-,34-/m1/s1. The molecule has 0 spiro atoms. The number of fused-ring (bicyclic) bond motifs is 7. The van der Waals surface area contributed by atoms with Gasteiger partial charge in [-0.15, -0.1) is 0 Å². The van der Waals surface area contributed by atoms with Gasteiger partial charge in [0, 0.05) is 12.0 Å². The van der Waals surface area contributed by atoms with E-state index in [0.717, 1.165) is 44.1 Å². The van der Waals surface area contributed by atoms with Gasteiger partial charge in [-0.2, -0.15) is 0 Å². The largest absolute Gasteiger partial charge is 0.393 e. The highest BCUT2D eigenvalue weighted by molar-refractivity contribution is 6.07. The molecular weight excluding hydrogens is 470 g/mol. The number of aliphatic hydroxyl groups is 1. The van der Waals surface area contributed by atoms with E-state index < -0.39 is 5.41 Å². The highest BCUT2D eigenvalue weighted by atomic mass is 16.3. The van der Waals surface area contributed by atoms with Crippen LogP contribution in [0.3, 0.4) is 0 Å². The van der Waals surface area contributed by atoms with E-state index in [1.54, 1.807) is 0 Å². The molecule has 0 bridgehead atoms. The van der Waals surface area contributed by atoms with E-state index in [2.05, 4.69) is 53.8 Å². The van der Waals surface area contributed by atoms with Crippen molar-refractivity contribution in [2.75, 3.05) is 0 Å². The van der Waals surface area contributed by atoms with E-state index in [0.29, 0.717) is 18.3 Å². The summed E-state index contributed by atoms with van der Waals surface area (Å²) in [6.07, 6.45) is 8.54. The monoisotopic (exact) mass is 525 g/mol. The minimum atomic E-state index is -0.671. The fourth-order valence-corrected chi connectivity index (χ4v) is 11.3. The lowest BCUT2D eigenvalue weighted by Gasteiger charge is -2.72. The Hall–Kier alpha value is -1.16. The number of rotatable bonds is 2. The predicted octanol–water partition coefficient (Wildman–Crippen LogP) is 7.24. The maximum Gasteiger partial charge on any atom is 0.231 e. The number of hydrogen-bond acceptors (Lipinski definition) is 3. The number of amides is 1. The molecule has 0 saturated heterocycles. The SMILES string of the molecule is CC(C)C1=C2[C@H]3CCC4[C@@]5(C)CC[C@H](O)C(C)(C)C5CC[C@@]4(C)[C@]3(C)CC[C@@]2(C(=O)NC(C)(C)C)CC1=O. The number of carbonyl (C=O) groups is 2. The summed E-state index contributed by atoms with van der Waals surface area (Å²) in [5.41, 5.74) is 1.62. The van der Waals surface area contributed by atoms with Crippen LogP contribution in [0.25, 0.3) is 0 Å². The first-order valence-corrected chi connectivity index (χ1v) is 15.6. The molecule has 4 heteroatoms. The number of carbonyl (C=O) groups excluding carboxylic acids is 2. The van der Waals surface area contributed by atoms with Gasteiger partial charge < -0.3 is 10.4 Å². The van der Waals surface area contributed by atoms with Gasteiger partial charge in [0.1, 0.15) is 0 Å². The van der Waals surface area contributed by atoms with Gasteiger partial charge in [0.15, 0.2) is 5.78 Å². The summed E-state index contributed by atoms with van der Waals surface area (Å²) in [4.78, 5) is 27.8. The Morgan fingerprint density at radius 3 is 2.16 bits per heavy atom. The van der Waals surface area contributed by atoms with Crippen LogP contribution >= 0.6 is 0 Å². The molecule has 4 nitrogen and oxygen atoms in total. The van der Waals surface area contributed by atoms with Crippen LogP contribution in [-0.2, 0) is 9.59 Å². The van der Waals surface area contributed by atoms with Gasteiger partial charge in [-0.25, -0.2) is 0 Å². The van der Waals surface area contributed by atoms with Crippen molar-refractivity contribution in [1.82, 2.24) is 5.32 Å². The van der Waals surface area contributed by atoms with Crippen molar-refractivity contribution in [1.29, 1.82) is 0 Å². The first-order valence-electron chi connectivity index (χ1n) is 15.6. The minimum absolute atomic E-state index is 0.0515. The predicted molar refractivity (Wildman–Crippen MR) is 153 cm³/mol. The second-order valence-corrected chi connectivity index (χ2v) is 16.9. The smallest absolute Gasteiger partial charge is 0.231 e. The molecule has 5 aliphatic rings. The maximum absolute atomic E-state index is 14.1. The Morgan fingerprint density at radius 2 is 1.55 bits per heavy atom. The van der Waals surface area contributed by atoms with E-state index >= 15 is 0 Å². The van der Waals surface area contributed by atoms with Crippen LogP contribution in [-0.4, -0.2) is 28.4 Å². The van der Waals surface area contributed by atoms with Gasteiger partial charge in [-0.05, 0) is 129 Å². The fraction of sp³-hybridized carbons (Fsp3) is 0.882. The van der Waals surface area contributed by atoms with Crippen LogP contribution in [0.4, 0.5) is 0 Å². The molecule has 0 aromatic heterocycles. The third-order valence-electron chi connectivity index (χ3n) is 13.3. The van der Waals surface area contributed by atoms with Gasteiger partial charge in [-0.3, -0.25) is 9.59 Å². The molecular formula is C34H55NO3. The molecule has 0 aliphatic heterocycles. The van der Waals surface area contributed by atoms with Crippen molar-refractivity contribution in [2.24, 2.45) is 50.7 Å². The molecule has 0 radical (unpaired) electrons. The number of allylic oxidation sites excluding steroid dienone is 1. The van der Waals surface area contributed by atoms with Crippen LogP contribution in [0.2, 0.25) is 0 Å². The molecule has 4 saturated carbocycles. The molecule has 5 aliphatic carbocycles. The van der Waals surface area contributed by atoms with Crippen molar-refractivity contribution >= 4 is 11.7 Å². The minimum Gasteiger partial charge on any atom is -0.393 e. The Labute approximate surface area is 232 Å². The number of aliphatic hydroxyl groups excluding tert-OH is 1. The number of ketones is 1. The summed E-state index contributed by atoms with van der Waals surface area (Å²) in [5, 5.41) is 14.3. The summed E-state index contributed by atoms with van der Waals surface area (Å²) in [6, 6.07) is 0. The highest BCUT2D eigenvalue weighted by Crippen LogP contribution is 2.76. The molecule has 2 N–H and O–H groups in total. The van der Waals surface area contributed by atoms with Gasteiger partial charge in [0.25, 0.3) is 0 Å². The first kappa shape index (κ1) is 28.4. The second kappa shape index (κ2) is 8.43. The molecule has 0 heterocycles. The Balaban J connectivity index is 1.60. The normalized spacial score (nSPS) is 46.3. The van der Waals surface area contributed by atoms with Crippen LogP contribution < -0.4 is 5.32 Å². The van der Waals surface area contributed by atoms with Crippen molar-refractivity contribution in [3.05, 3.63) is 11.1 Å². The van der Waals surface area contributed by atoms with Gasteiger partial charge in [-0.1, -0.05) is 48.5 Å². The third kappa shape index (κ3) is 3.56. The van der Waals surface area contributed by atoms with Crippen molar-refractivity contribution < 1.29 is 14.7 Å². The van der Waals surface area contributed by atoms with Crippen molar-refractivity contribution in [3.63, 3.8) is 0 Å². The van der Waals surface area contributed by atoms with E-state index in [1.807, 2.05) is 20.8 Å². The number of hydrogen-bond donors (Lipinski definition) is 2. The second-order valence-electron chi connectivity index (χ2n) is 16.9. The fourth-order valence-electron chi connectivity index (χ4n) is 11.3. The number of nitrogens with one attached hydrogen (secondary N) is 1. The summed E-state index contributed by atoms with van der Waals surface area (Å²) in [7, 11) is 0. The summed E-state index contributed by atoms with van der Waals surface area (Å²) in [6.45, 7) is 22.7. The zero-order chi connectivity index (χ0) is 28.3. The topological polar surface area (TPSA) is 66.4 Å². The molecule has 4 fully saturated rings. The van der Waals surface area contributed by atoms with Crippen LogP contribution in [0, 0.1) is 50.7 Å². The number of Topliss-reactive ketones (excluding diaryl/α,β-unsaturated/α-hetero) is 1. The molecule has 5 rings (SSSR count). The van der Waals surface area contributed by atoms with Crippen LogP contribution in [0.1, 0.15) is 127 Å². The molecule has 0 aromatic carbocycles. The molecule has 0 aromatic rings. The van der Waals surface area contributed by atoms with Gasteiger partial charge >= 0.3 is 0 Å². The third-order valence-corrected chi connectivity index (χ3v) is 13.3. The van der Waals surface area contributed by atoms with Crippen molar-refractivity contribution in [2.45, 2.75) is 139 Å². The zero-order valence-electron chi connectivity index (χ0n) is 26.0. The van der Waals surface area contributed by atoms with E-state index in [1.165, 1.54) is 18.4 Å². The Morgan fingerprint density at radius 1 is 0.895 bits per heavy atom. The first-order chi connectivity index (χ1) is 17.4. The molecule has 1 amide bonds. The van der Waals surface area contributed by atoms with E-state index in [-0.39, 0.29) is 56.8 Å². The molecule has 2 unspecified atom stereocenters. The molecule has 214 valence electrons. The van der Waals surface area contributed by atoms with Crippen LogP contribution in [0.15, 0.2) is 11.1 Å². The molecule has 8 atom stereocenters. The average molecular weight is 526 g/mol. The quantitative estimate of drug-likeness (QED) is 0.399. The lowest BCUT2D eigenvalue weighted by Crippen LogP contribution is -2.66. The summed E-state index contributed by atoms with van der Waals surface area (Å²) < 4.78 is 0. The van der Waals surface area contributed by atoms with Crippen LogP contribution in [0.5, 0.6) is 0 Å². The average Bonchev–Trinajstić information content (AvgIpc) is 3.09. The Bertz CT molecular complexity index is 1060. The zero-order valence-corrected chi connectivity index (χ0v) is 26.0.